The van der Waals surface area contributed by atoms with Crippen LogP contribution in [0.25, 0.3) is 0 Å². The second-order valence-electron chi connectivity index (χ2n) is 5.29. The highest BCUT2D eigenvalue weighted by Crippen LogP contribution is 2.55. The molecule has 1 fully saturated rings. The van der Waals surface area contributed by atoms with Crippen LogP contribution in [0.4, 0.5) is 26.3 Å². The molecule has 11 heteroatoms. The molecule has 1 amide bonds. The first-order valence-corrected chi connectivity index (χ1v) is 6.51. The summed E-state index contributed by atoms with van der Waals surface area (Å²) < 4.78 is 77.9. The van der Waals surface area contributed by atoms with Crippen LogP contribution < -0.4 is 0 Å². The molecule has 24 heavy (non-hydrogen) atoms. The number of nitrogens with zero attached hydrogens (tertiary/aromatic N) is 2. The first kappa shape index (κ1) is 18.0. The lowest BCUT2D eigenvalue weighted by Gasteiger charge is -2.33. The lowest BCUT2D eigenvalue weighted by atomic mass is 9.85. The lowest BCUT2D eigenvalue weighted by Crippen LogP contribution is -2.52. The summed E-state index contributed by atoms with van der Waals surface area (Å²) in [5, 5.41) is 8.77. The fraction of sp³-hybridized carbons (Fsp3) is 0.462. The summed E-state index contributed by atoms with van der Waals surface area (Å²) in [6.07, 6.45) is -11.5. The number of hydrogen-bond acceptors (Lipinski definition) is 3. The summed E-state index contributed by atoms with van der Waals surface area (Å²) in [4.78, 5) is 26.8. The molecule has 1 N–H and O–H groups in total. The maximum absolute atomic E-state index is 13.0. The highest BCUT2D eigenvalue weighted by atomic mass is 19.4. The summed E-state index contributed by atoms with van der Waals surface area (Å²) in [5.41, 5.74) is -4.88. The molecule has 5 nitrogen and oxygen atoms in total. The van der Waals surface area contributed by atoms with E-state index in [0.29, 0.717) is 4.90 Å². The zero-order valence-corrected chi connectivity index (χ0v) is 11.8. The number of carbonyl (C=O) groups excluding carboxylic acids is 1. The van der Waals surface area contributed by atoms with Gasteiger partial charge in [-0.1, -0.05) is 0 Å². The van der Waals surface area contributed by atoms with Crippen LogP contribution in [-0.2, 0) is 0 Å². The molecule has 1 aromatic rings. The van der Waals surface area contributed by atoms with Gasteiger partial charge in [-0.05, 0) is 18.6 Å². The van der Waals surface area contributed by atoms with Crippen molar-refractivity contribution >= 4 is 11.9 Å². The Bertz CT molecular complexity index is 656. The number of aromatic nitrogens is 1. The number of pyridine rings is 1. The first-order chi connectivity index (χ1) is 10.9. The van der Waals surface area contributed by atoms with Crippen LogP contribution >= 0.6 is 0 Å². The van der Waals surface area contributed by atoms with Crippen molar-refractivity contribution in [2.75, 3.05) is 13.1 Å². The SMILES string of the molecule is O=C(O)c1cc(C(=O)N2CCC(C(F)(F)F)(C(F)(F)F)C2)ccn1. The summed E-state index contributed by atoms with van der Waals surface area (Å²) in [6, 6.07) is 1.82. The molecule has 0 spiro atoms. The summed E-state index contributed by atoms with van der Waals surface area (Å²) in [7, 11) is 0. The normalized spacial score (nSPS) is 17.8. The third-order valence-electron chi connectivity index (χ3n) is 3.87. The van der Waals surface area contributed by atoms with Crippen LogP contribution in [0.5, 0.6) is 0 Å². The van der Waals surface area contributed by atoms with Crippen LogP contribution in [-0.4, -0.2) is 52.3 Å². The van der Waals surface area contributed by atoms with E-state index < -0.39 is 54.8 Å². The van der Waals surface area contributed by atoms with Crippen molar-refractivity contribution in [3.63, 3.8) is 0 Å². The Morgan fingerprint density at radius 1 is 1.17 bits per heavy atom. The van der Waals surface area contributed by atoms with Crippen molar-refractivity contribution in [2.24, 2.45) is 5.41 Å². The molecular formula is C13H10F6N2O3. The van der Waals surface area contributed by atoms with Gasteiger partial charge in [0.2, 0.25) is 0 Å². The molecule has 0 radical (unpaired) electrons. The predicted molar refractivity (Wildman–Crippen MR) is 66.3 cm³/mol. The lowest BCUT2D eigenvalue weighted by molar-refractivity contribution is -0.334. The van der Waals surface area contributed by atoms with Gasteiger partial charge in [-0.2, -0.15) is 26.3 Å². The summed E-state index contributed by atoms with van der Waals surface area (Å²) in [6.45, 7) is -2.31. The van der Waals surface area contributed by atoms with E-state index in [9.17, 15) is 35.9 Å². The Labute approximate surface area is 130 Å². The van der Waals surface area contributed by atoms with Gasteiger partial charge in [0.15, 0.2) is 5.41 Å². The van der Waals surface area contributed by atoms with Gasteiger partial charge in [0.1, 0.15) is 5.69 Å². The maximum atomic E-state index is 13.0. The number of carbonyl (C=O) groups is 2. The number of alkyl halides is 6. The van der Waals surface area contributed by atoms with E-state index in [1.54, 1.807) is 0 Å². The van der Waals surface area contributed by atoms with Gasteiger partial charge in [-0.15, -0.1) is 0 Å². The first-order valence-electron chi connectivity index (χ1n) is 6.51. The Morgan fingerprint density at radius 2 is 1.75 bits per heavy atom. The minimum Gasteiger partial charge on any atom is -0.477 e. The number of rotatable bonds is 2. The highest BCUT2D eigenvalue weighted by molar-refractivity contribution is 5.96. The minimum atomic E-state index is -5.56. The average Bonchev–Trinajstić information content (AvgIpc) is 2.92. The Morgan fingerprint density at radius 3 is 2.21 bits per heavy atom. The van der Waals surface area contributed by atoms with Crippen LogP contribution in [0.15, 0.2) is 18.3 Å². The predicted octanol–water partition coefficient (Wildman–Crippen LogP) is 2.74. The number of likely N-dealkylation sites (tertiary alicyclic amines) is 1. The molecule has 1 aliphatic rings. The van der Waals surface area contributed by atoms with Gasteiger partial charge in [-0.3, -0.25) is 4.79 Å². The number of carboxylic acids is 1. The molecule has 0 bridgehead atoms. The van der Waals surface area contributed by atoms with Gasteiger partial charge < -0.3 is 10.0 Å². The molecule has 0 aliphatic carbocycles. The average molecular weight is 356 g/mol. The van der Waals surface area contributed by atoms with E-state index in [2.05, 4.69) is 4.98 Å². The van der Waals surface area contributed by atoms with Crippen molar-refractivity contribution in [1.29, 1.82) is 0 Å². The van der Waals surface area contributed by atoms with Gasteiger partial charge in [0.05, 0.1) is 0 Å². The van der Waals surface area contributed by atoms with Crippen LogP contribution in [0, 0.1) is 5.41 Å². The maximum Gasteiger partial charge on any atom is 0.404 e. The number of aromatic carboxylic acids is 1. The molecule has 1 saturated heterocycles. The van der Waals surface area contributed by atoms with Crippen LogP contribution in [0.2, 0.25) is 0 Å². The highest BCUT2D eigenvalue weighted by Gasteiger charge is 2.72. The second kappa shape index (κ2) is 5.64. The molecule has 0 unspecified atom stereocenters. The zero-order valence-electron chi connectivity index (χ0n) is 11.8. The molecule has 0 saturated carbocycles. The molecule has 2 heterocycles. The van der Waals surface area contributed by atoms with E-state index in [-0.39, 0.29) is 5.56 Å². The number of hydrogen-bond donors (Lipinski definition) is 1. The van der Waals surface area contributed by atoms with E-state index in [1.807, 2.05) is 0 Å². The Balaban J connectivity index is 2.31. The van der Waals surface area contributed by atoms with E-state index in [1.165, 1.54) is 0 Å². The molecule has 0 aromatic carbocycles. The van der Waals surface area contributed by atoms with E-state index in [0.717, 1.165) is 18.3 Å². The molecule has 1 aromatic heterocycles. The fourth-order valence-electron chi connectivity index (χ4n) is 2.47. The van der Waals surface area contributed by atoms with Crippen molar-refractivity contribution < 1.29 is 41.0 Å². The Kier molecular flexibility index (Phi) is 4.23. The summed E-state index contributed by atoms with van der Waals surface area (Å²) in [5.74, 6) is -2.60. The van der Waals surface area contributed by atoms with Crippen LogP contribution in [0.1, 0.15) is 27.3 Å². The quantitative estimate of drug-likeness (QED) is 0.828. The number of halogens is 6. The second-order valence-corrected chi connectivity index (χ2v) is 5.29. The molecule has 2 rings (SSSR count). The van der Waals surface area contributed by atoms with Gasteiger partial charge in [0.25, 0.3) is 5.91 Å². The third kappa shape index (κ3) is 2.89. The molecule has 0 atom stereocenters. The van der Waals surface area contributed by atoms with Crippen molar-refractivity contribution in [1.82, 2.24) is 9.88 Å². The third-order valence-corrected chi connectivity index (χ3v) is 3.87. The number of carboxylic acid groups (broad SMARTS) is 1. The van der Waals surface area contributed by atoms with Crippen molar-refractivity contribution in [3.8, 4) is 0 Å². The van der Waals surface area contributed by atoms with Gasteiger partial charge in [0, 0.05) is 24.8 Å². The standard InChI is InChI=1S/C13H10F6N2O3/c14-12(15,16)11(13(17,18)19)2-4-21(6-11)9(22)7-1-3-20-8(5-7)10(23)24/h1,3,5H,2,4,6H2,(H,23,24). The van der Waals surface area contributed by atoms with E-state index in [4.69, 9.17) is 5.11 Å². The van der Waals surface area contributed by atoms with Gasteiger partial charge in [-0.25, -0.2) is 9.78 Å². The molecule has 132 valence electrons. The van der Waals surface area contributed by atoms with Gasteiger partial charge >= 0.3 is 18.3 Å². The topological polar surface area (TPSA) is 70.5 Å². The smallest absolute Gasteiger partial charge is 0.404 e. The molecular weight excluding hydrogens is 346 g/mol. The van der Waals surface area contributed by atoms with Crippen molar-refractivity contribution in [3.05, 3.63) is 29.6 Å². The summed E-state index contributed by atoms with van der Waals surface area (Å²) >= 11 is 0. The Hall–Kier alpha value is -2.33. The largest absolute Gasteiger partial charge is 0.477 e. The van der Waals surface area contributed by atoms with Crippen LogP contribution in [0.3, 0.4) is 0 Å². The zero-order chi connectivity index (χ0) is 18.3. The monoisotopic (exact) mass is 356 g/mol. The van der Waals surface area contributed by atoms with Crippen molar-refractivity contribution in [2.45, 2.75) is 18.8 Å². The van der Waals surface area contributed by atoms with E-state index >= 15 is 0 Å². The minimum absolute atomic E-state index is 0.345. The number of amides is 1. The molecule has 1 aliphatic heterocycles. The fourth-order valence-corrected chi connectivity index (χ4v) is 2.47.